The number of carbonyl (C=O) groups excluding carboxylic acids is 1. The summed E-state index contributed by atoms with van der Waals surface area (Å²) in [6.07, 6.45) is 0. The molecule has 0 atom stereocenters. The number of nitrogens with zero attached hydrogens (tertiary/aromatic N) is 1. The van der Waals surface area contributed by atoms with E-state index >= 15 is 0 Å². The third-order valence-electron chi connectivity index (χ3n) is 5.65. The molecule has 4 aromatic rings. The van der Waals surface area contributed by atoms with Gasteiger partial charge in [-0.25, -0.2) is 8.42 Å². The first-order valence-corrected chi connectivity index (χ1v) is 14.0. The fourth-order valence-corrected chi connectivity index (χ4v) is 6.01. The molecule has 0 fully saturated rings. The number of benzene rings is 4. The Hall–Kier alpha value is -3.55. The van der Waals surface area contributed by atoms with Gasteiger partial charge in [-0.15, -0.1) is 11.8 Å². The lowest BCUT2D eigenvalue weighted by molar-refractivity contribution is -0.114. The van der Waals surface area contributed by atoms with Gasteiger partial charge in [0.15, 0.2) is 0 Å². The lowest BCUT2D eigenvalue weighted by atomic mass is 10.1. The van der Waals surface area contributed by atoms with Crippen molar-refractivity contribution in [3.05, 3.63) is 120 Å². The van der Waals surface area contributed by atoms with Crippen LogP contribution in [0.3, 0.4) is 0 Å². The van der Waals surface area contributed by atoms with Gasteiger partial charge in [0, 0.05) is 16.3 Å². The molecule has 7 heteroatoms. The van der Waals surface area contributed by atoms with Crippen molar-refractivity contribution in [2.24, 2.45) is 0 Å². The minimum Gasteiger partial charge on any atom is -0.324 e. The fourth-order valence-electron chi connectivity index (χ4n) is 3.71. The van der Waals surface area contributed by atoms with Gasteiger partial charge in [-0.05, 0) is 67.4 Å². The quantitative estimate of drug-likeness (QED) is 0.260. The summed E-state index contributed by atoms with van der Waals surface area (Å²) in [5, 5.41) is 2.89. The van der Waals surface area contributed by atoms with Gasteiger partial charge in [0.05, 0.1) is 10.6 Å². The van der Waals surface area contributed by atoms with Crippen LogP contribution in [0.1, 0.15) is 16.7 Å². The molecule has 0 saturated heterocycles. The molecule has 0 heterocycles. The van der Waals surface area contributed by atoms with E-state index in [4.69, 9.17) is 0 Å². The number of anilines is 2. The van der Waals surface area contributed by atoms with E-state index in [0.717, 1.165) is 26.7 Å². The van der Waals surface area contributed by atoms with Gasteiger partial charge in [-0.2, -0.15) is 0 Å². The lowest BCUT2D eigenvalue weighted by Crippen LogP contribution is -2.38. The molecule has 0 aliphatic rings. The van der Waals surface area contributed by atoms with Gasteiger partial charge in [0.25, 0.3) is 10.0 Å². The highest BCUT2D eigenvalue weighted by Gasteiger charge is 2.27. The van der Waals surface area contributed by atoms with Gasteiger partial charge in [0.1, 0.15) is 6.54 Å². The van der Waals surface area contributed by atoms with Crippen molar-refractivity contribution in [1.29, 1.82) is 0 Å². The Balaban J connectivity index is 1.50. The fraction of sp³-hybridized carbons (Fsp3) is 0.138. The maximum Gasteiger partial charge on any atom is 0.264 e. The van der Waals surface area contributed by atoms with Crippen LogP contribution in [-0.4, -0.2) is 20.9 Å². The molecular formula is C29H28N2O3S2. The van der Waals surface area contributed by atoms with Crippen molar-refractivity contribution in [1.82, 2.24) is 0 Å². The molecule has 36 heavy (non-hydrogen) atoms. The molecule has 0 bridgehead atoms. The highest BCUT2D eigenvalue weighted by atomic mass is 32.2. The second-order valence-electron chi connectivity index (χ2n) is 8.46. The number of hydrogen-bond donors (Lipinski definition) is 1. The Morgan fingerprint density at radius 3 is 2.11 bits per heavy atom. The van der Waals surface area contributed by atoms with Gasteiger partial charge >= 0.3 is 0 Å². The normalized spacial score (nSPS) is 11.2. The number of hydrogen-bond acceptors (Lipinski definition) is 4. The molecule has 184 valence electrons. The minimum absolute atomic E-state index is 0.134. The molecule has 4 aromatic carbocycles. The monoisotopic (exact) mass is 516 g/mol. The summed E-state index contributed by atoms with van der Waals surface area (Å²) in [5.74, 6) is 0.403. The smallest absolute Gasteiger partial charge is 0.264 e. The molecule has 0 unspecified atom stereocenters. The zero-order valence-electron chi connectivity index (χ0n) is 20.2. The summed E-state index contributed by atoms with van der Waals surface area (Å²) < 4.78 is 28.0. The Morgan fingerprint density at radius 1 is 0.833 bits per heavy atom. The third kappa shape index (κ3) is 6.36. The van der Waals surface area contributed by atoms with Crippen LogP contribution in [0.4, 0.5) is 11.4 Å². The highest BCUT2D eigenvalue weighted by molar-refractivity contribution is 7.98. The van der Waals surface area contributed by atoms with E-state index in [-0.39, 0.29) is 11.4 Å². The first-order valence-electron chi connectivity index (χ1n) is 11.5. The van der Waals surface area contributed by atoms with Crippen molar-refractivity contribution in [2.75, 3.05) is 16.2 Å². The predicted octanol–water partition coefficient (Wildman–Crippen LogP) is 6.43. The van der Waals surface area contributed by atoms with Crippen molar-refractivity contribution >= 4 is 39.1 Å². The summed E-state index contributed by atoms with van der Waals surface area (Å²) in [4.78, 5) is 14.4. The molecule has 0 aliphatic carbocycles. The van der Waals surface area contributed by atoms with Crippen LogP contribution in [-0.2, 0) is 20.6 Å². The van der Waals surface area contributed by atoms with Crippen LogP contribution in [0.2, 0.25) is 0 Å². The first kappa shape index (κ1) is 25.5. The molecule has 5 nitrogen and oxygen atoms in total. The first-order chi connectivity index (χ1) is 17.3. The maximum atomic E-state index is 13.4. The molecular weight excluding hydrogens is 488 g/mol. The van der Waals surface area contributed by atoms with Crippen molar-refractivity contribution in [3.63, 3.8) is 0 Å². The van der Waals surface area contributed by atoms with E-state index < -0.39 is 15.9 Å². The van der Waals surface area contributed by atoms with Crippen LogP contribution >= 0.6 is 11.8 Å². The summed E-state index contributed by atoms with van der Waals surface area (Å²) in [7, 11) is -3.94. The van der Waals surface area contributed by atoms with Crippen molar-refractivity contribution in [2.45, 2.75) is 29.4 Å². The SMILES string of the molecule is Cc1ccc(N(CC(=O)Nc2ccc(CSc3ccccc3)cc2C)S(=O)(=O)c2ccccc2)cc1. The number of sulfonamides is 1. The number of nitrogens with one attached hydrogen (secondary N) is 1. The summed E-state index contributed by atoms with van der Waals surface area (Å²) in [6, 6.07) is 31.3. The number of aryl methyl sites for hydroxylation is 2. The summed E-state index contributed by atoms with van der Waals surface area (Å²) in [5.41, 5.74) is 4.16. The summed E-state index contributed by atoms with van der Waals surface area (Å²) in [6.45, 7) is 3.52. The van der Waals surface area contributed by atoms with Crippen LogP contribution < -0.4 is 9.62 Å². The van der Waals surface area contributed by atoms with Gasteiger partial charge in [0.2, 0.25) is 5.91 Å². The predicted molar refractivity (Wildman–Crippen MR) is 148 cm³/mol. The highest BCUT2D eigenvalue weighted by Crippen LogP contribution is 2.26. The molecule has 4 rings (SSSR count). The van der Waals surface area contributed by atoms with Crippen LogP contribution in [0.15, 0.2) is 113 Å². The maximum absolute atomic E-state index is 13.4. The molecule has 0 saturated carbocycles. The average molecular weight is 517 g/mol. The lowest BCUT2D eigenvalue weighted by Gasteiger charge is -2.24. The van der Waals surface area contributed by atoms with E-state index in [1.807, 2.05) is 62.4 Å². The standard InChI is InChI=1S/C29H28N2O3S2/c1-22-13-16-25(17-14-22)31(36(33,34)27-11-7-4-8-12-27)20-29(32)30-28-18-15-24(19-23(28)2)21-35-26-9-5-3-6-10-26/h3-19H,20-21H2,1-2H3,(H,30,32). The van der Waals surface area contributed by atoms with Crippen molar-refractivity contribution < 1.29 is 13.2 Å². The van der Waals surface area contributed by atoms with Gasteiger partial charge < -0.3 is 5.32 Å². The zero-order valence-corrected chi connectivity index (χ0v) is 21.9. The largest absolute Gasteiger partial charge is 0.324 e. The Morgan fingerprint density at radius 2 is 1.47 bits per heavy atom. The third-order valence-corrected chi connectivity index (χ3v) is 8.53. The van der Waals surface area contributed by atoms with E-state index in [1.165, 1.54) is 17.0 Å². The van der Waals surface area contributed by atoms with Crippen LogP contribution in [0.25, 0.3) is 0 Å². The number of thioether (sulfide) groups is 1. The van der Waals surface area contributed by atoms with Crippen LogP contribution in [0.5, 0.6) is 0 Å². The van der Waals surface area contributed by atoms with Crippen LogP contribution in [0, 0.1) is 13.8 Å². The minimum atomic E-state index is -3.94. The summed E-state index contributed by atoms with van der Waals surface area (Å²) >= 11 is 1.75. The molecule has 0 radical (unpaired) electrons. The van der Waals surface area contributed by atoms with Crippen molar-refractivity contribution in [3.8, 4) is 0 Å². The number of rotatable bonds is 9. The average Bonchev–Trinajstić information content (AvgIpc) is 2.89. The molecule has 1 amide bonds. The Bertz CT molecular complexity index is 1420. The van der Waals surface area contributed by atoms with E-state index in [9.17, 15) is 13.2 Å². The second kappa shape index (κ2) is 11.5. The zero-order chi connectivity index (χ0) is 25.5. The number of amides is 1. The Kier molecular flexibility index (Phi) is 8.13. The topological polar surface area (TPSA) is 66.5 Å². The van der Waals surface area contributed by atoms with E-state index in [1.54, 1.807) is 42.1 Å². The molecule has 0 aromatic heterocycles. The molecule has 1 N–H and O–H groups in total. The van der Waals surface area contributed by atoms with E-state index in [0.29, 0.717) is 11.4 Å². The Labute approximate surface area is 217 Å². The molecule has 0 aliphatic heterocycles. The van der Waals surface area contributed by atoms with Gasteiger partial charge in [-0.1, -0.05) is 66.2 Å². The number of carbonyl (C=O) groups is 1. The van der Waals surface area contributed by atoms with Gasteiger partial charge in [-0.3, -0.25) is 9.10 Å². The van der Waals surface area contributed by atoms with E-state index in [2.05, 4.69) is 17.4 Å². The second-order valence-corrected chi connectivity index (χ2v) is 11.4. The molecule has 0 spiro atoms.